The second-order valence-electron chi connectivity index (χ2n) is 4.72. The molecule has 0 saturated heterocycles. The van der Waals surface area contributed by atoms with Gasteiger partial charge in [0.25, 0.3) is 5.69 Å². The third kappa shape index (κ3) is 3.86. The molecule has 0 amide bonds. The van der Waals surface area contributed by atoms with Crippen molar-refractivity contribution >= 4 is 11.5 Å². The van der Waals surface area contributed by atoms with Crippen molar-refractivity contribution in [3.63, 3.8) is 0 Å². The highest BCUT2D eigenvalue weighted by molar-refractivity contribution is 5.85. The molecule has 0 fully saturated rings. The van der Waals surface area contributed by atoms with Crippen molar-refractivity contribution in [3.05, 3.63) is 34.4 Å². The summed E-state index contributed by atoms with van der Waals surface area (Å²) in [6, 6.07) is 5.78. The maximum absolute atomic E-state index is 11.6. The maximum Gasteiger partial charge on any atom is 0.273 e. The summed E-state index contributed by atoms with van der Waals surface area (Å²) >= 11 is 0. The number of nitro groups is 1. The largest absolute Gasteiger partial charge is 0.486 e. The summed E-state index contributed by atoms with van der Waals surface area (Å²) < 4.78 is 5.23. The molecule has 0 aliphatic heterocycles. The number of hydrogen-bond donors (Lipinski definition) is 0. The molecule has 1 aromatic rings. The van der Waals surface area contributed by atoms with Crippen molar-refractivity contribution in [2.75, 3.05) is 6.61 Å². The number of carbonyl (C=O) groups excluding carboxylic acids is 1. The molecule has 5 nitrogen and oxygen atoms in total. The number of carbonyl (C=O) groups is 1. The number of non-ortho nitro benzene ring substituents is 1. The first-order valence-electron chi connectivity index (χ1n) is 5.21. The molecule has 0 spiro atoms. The fraction of sp³-hybridized carbons (Fsp3) is 0.417. The van der Waals surface area contributed by atoms with Crippen molar-refractivity contribution in [1.29, 1.82) is 0 Å². The zero-order valence-corrected chi connectivity index (χ0v) is 10.1. The smallest absolute Gasteiger partial charge is 0.273 e. The topological polar surface area (TPSA) is 69.4 Å². The van der Waals surface area contributed by atoms with Crippen LogP contribution in [-0.2, 0) is 4.79 Å². The van der Waals surface area contributed by atoms with Crippen LogP contribution in [-0.4, -0.2) is 17.3 Å². The summed E-state index contributed by atoms with van der Waals surface area (Å²) in [5, 5.41) is 10.5. The average Bonchev–Trinajstić information content (AvgIpc) is 2.25. The van der Waals surface area contributed by atoms with Gasteiger partial charge in [-0.15, -0.1) is 0 Å². The van der Waals surface area contributed by atoms with E-state index in [4.69, 9.17) is 4.74 Å². The minimum Gasteiger partial charge on any atom is -0.486 e. The molecule has 0 unspecified atom stereocenters. The van der Waals surface area contributed by atoms with E-state index in [2.05, 4.69) is 0 Å². The molecule has 0 saturated carbocycles. The molecule has 0 aliphatic carbocycles. The Hall–Kier alpha value is -1.91. The van der Waals surface area contributed by atoms with Crippen molar-refractivity contribution in [1.82, 2.24) is 0 Å². The molecular weight excluding hydrogens is 222 g/mol. The summed E-state index contributed by atoms with van der Waals surface area (Å²) in [6.45, 7) is 5.31. The highest BCUT2D eigenvalue weighted by Crippen LogP contribution is 2.20. The third-order valence-electron chi connectivity index (χ3n) is 2.23. The van der Waals surface area contributed by atoms with Gasteiger partial charge in [0.2, 0.25) is 0 Å². The lowest BCUT2D eigenvalue weighted by molar-refractivity contribution is -0.384. The van der Waals surface area contributed by atoms with E-state index in [9.17, 15) is 14.9 Å². The van der Waals surface area contributed by atoms with Crippen molar-refractivity contribution in [3.8, 4) is 5.75 Å². The molecule has 0 bridgehead atoms. The zero-order valence-electron chi connectivity index (χ0n) is 10.1. The molecule has 1 rings (SSSR count). The Bertz CT molecular complexity index is 434. The van der Waals surface area contributed by atoms with E-state index in [0.29, 0.717) is 5.75 Å². The van der Waals surface area contributed by atoms with Gasteiger partial charge in [-0.05, 0) is 6.07 Å². The van der Waals surface area contributed by atoms with Gasteiger partial charge >= 0.3 is 0 Å². The van der Waals surface area contributed by atoms with Gasteiger partial charge in [0.15, 0.2) is 5.78 Å². The Morgan fingerprint density at radius 3 is 2.59 bits per heavy atom. The fourth-order valence-corrected chi connectivity index (χ4v) is 1.05. The molecule has 0 N–H and O–H groups in total. The SMILES string of the molecule is CC(C)(C)C(=O)COc1cccc([N+](=O)[O-])c1. The van der Waals surface area contributed by atoms with Gasteiger partial charge in [0.1, 0.15) is 12.4 Å². The predicted octanol–water partition coefficient (Wildman–Crippen LogP) is 2.59. The summed E-state index contributed by atoms with van der Waals surface area (Å²) in [6.07, 6.45) is 0. The van der Waals surface area contributed by atoms with Gasteiger partial charge in [-0.1, -0.05) is 26.8 Å². The van der Waals surface area contributed by atoms with Gasteiger partial charge in [0, 0.05) is 11.5 Å². The summed E-state index contributed by atoms with van der Waals surface area (Å²) in [7, 11) is 0. The van der Waals surface area contributed by atoms with Crippen LogP contribution >= 0.6 is 0 Å². The van der Waals surface area contributed by atoms with Crippen LogP contribution in [0.3, 0.4) is 0 Å². The zero-order chi connectivity index (χ0) is 13.1. The lowest BCUT2D eigenvalue weighted by Gasteiger charge is -2.16. The van der Waals surface area contributed by atoms with E-state index >= 15 is 0 Å². The van der Waals surface area contributed by atoms with Crippen molar-refractivity contribution < 1.29 is 14.5 Å². The normalized spacial score (nSPS) is 11.0. The van der Waals surface area contributed by atoms with Gasteiger partial charge < -0.3 is 4.74 Å². The van der Waals surface area contributed by atoms with Crippen LogP contribution in [0.2, 0.25) is 0 Å². The standard InChI is InChI=1S/C12H15NO4/c1-12(2,3)11(14)8-17-10-6-4-5-9(7-10)13(15)16/h4-7H,8H2,1-3H3. The van der Waals surface area contributed by atoms with E-state index in [0.717, 1.165) is 0 Å². The molecule has 0 aliphatic rings. The predicted molar refractivity (Wildman–Crippen MR) is 63.1 cm³/mol. The number of hydrogen-bond acceptors (Lipinski definition) is 4. The van der Waals surface area contributed by atoms with Gasteiger partial charge in [-0.2, -0.15) is 0 Å². The number of benzene rings is 1. The average molecular weight is 237 g/mol. The lowest BCUT2D eigenvalue weighted by Crippen LogP contribution is -2.26. The van der Waals surface area contributed by atoms with Gasteiger partial charge in [0.05, 0.1) is 11.0 Å². The van der Waals surface area contributed by atoms with E-state index < -0.39 is 10.3 Å². The molecule has 0 aromatic heterocycles. The third-order valence-corrected chi connectivity index (χ3v) is 2.23. The van der Waals surface area contributed by atoms with Crippen LogP contribution in [0.15, 0.2) is 24.3 Å². The summed E-state index contributed by atoms with van der Waals surface area (Å²) in [4.78, 5) is 21.6. The maximum atomic E-state index is 11.6. The van der Waals surface area contributed by atoms with E-state index in [1.165, 1.54) is 18.2 Å². The van der Waals surface area contributed by atoms with Crippen LogP contribution in [0.25, 0.3) is 0 Å². The number of nitrogens with zero attached hydrogens (tertiary/aromatic N) is 1. The minimum absolute atomic E-state index is 0.0503. The Kier molecular flexibility index (Phi) is 3.83. The first-order valence-corrected chi connectivity index (χ1v) is 5.21. The second-order valence-corrected chi connectivity index (χ2v) is 4.72. The summed E-state index contributed by atoms with van der Waals surface area (Å²) in [5.41, 5.74) is -0.522. The number of Topliss-reactive ketones (excluding diaryl/α,β-unsaturated/α-hetero) is 1. The number of ether oxygens (including phenoxy) is 1. The minimum atomic E-state index is -0.502. The molecule has 5 heteroatoms. The van der Waals surface area contributed by atoms with Gasteiger partial charge in [-0.25, -0.2) is 0 Å². The quantitative estimate of drug-likeness (QED) is 0.596. The van der Waals surface area contributed by atoms with Crippen LogP contribution in [0.1, 0.15) is 20.8 Å². The Labute approximate surface area is 99.5 Å². The molecule has 0 atom stereocenters. The first-order chi connectivity index (χ1) is 7.80. The van der Waals surface area contributed by atoms with Crippen LogP contribution < -0.4 is 4.74 Å². The number of rotatable bonds is 4. The summed E-state index contributed by atoms with van der Waals surface area (Å²) in [5.74, 6) is 0.279. The molecule has 0 radical (unpaired) electrons. The molecule has 0 heterocycles. The second kappa shape index (κ2) is 4.95. The first kappa shape index (κ1) is 13.2. The Morgan fingerprint density at radius 1 is 1.41 bits per heavy atom. The van der Waals surface area contributed by atoms with Gasteiger partial charge in [-0.3, -0.25) is 14.9 Å². The van der Waals surface area contributed by atoms with Crippen molar-refractivity contribution in [2.24, 2.45) is 5.41 Å². The van der Waals surface area contributed by atoms with E-state index in [-0.39, 0.29) is 18.1 Å². The fourth-order valence-electron chi connectivity index (χ4n) is 1.05. The highest BCUT2D eigenvalue weighted by Gasteiger charge is 2.21. The van der Waals surface area contributed by atoms with Crippen molar-refractivity contribution in [2.45, 2.75) is 20.8 Å². The Morgan fingerprint density at radius 2 is 2.06 bits per heavy atom. The van der Waals surface area contributed by atoms with Crippen LogP contribution in [0.5, 0.6) is 5.75 Å². The molecule has 1 aromatic carbocycles. The lowest BCUT2D eigenvalue weighted by atomic mass is 9.91. The monoisotopic (exact) mass is 237 g/mol. The molecule has 92 valence electrons. The van der Waals surface area contributed by atoms with E-state index in [1.54, 1.807) is 26.8 Å². The number of nitro benzene ring substituents is 1. The Balaban J connectivity index is 2.67. The van der Waals surface area contributed by atoms with Crippen LogP contribution in [0, 0.1) is 15.5 Å². The highest BCUT2D eigenvalue weighted by atomic mass is 16.6. The molecular formula is C12H15NO4. The number of ketones is 1. The molecule has 17 heavy (non-hydrogen) atoms. The van der Waals surface area contributed by atoms with E-state index in [1.807, 2.05) is 0 Å². The van der Waals surface area contributed by atoms with Crippen LogP contribution in [0.4, 0.5) is 5.69 Å².